The van der Waals surface area contributed by atoms with E-state index in [1.807, 2.05) is 0 Å². The fourth-order valence-corrected chi connectivity index (χ4v) is 3.07. The highest BCUT2D eigenvalue weighted by atomic mass is 16.2. The van der Waals surface area contributed by atoms with Gasteiger partial charge in [0, 0.05) is 32.6 Å². The van der Waals surface area contributed by atoms with Gasteiger partial charge in [-0.25, -0.2) is 5.01 Å². The third-order valence-electron chi connectivity index (χ3n) is 4.56. The van der Waals surface area contributed by atoms with E-state index >= 15 is 0 Å². The minimum absolute atomic E-state index is 0.195. The number of hydrogen-bond donors (Lipinski definition) is 2. The zero-order chi connectivity index (χ0) is 13.7. The summed E-state index contributed by atoms with van der Waals surface area (Å²) >= 11 is 0. The SMILES string of the molecule is CN1CCN(NC(=O)CC2CCC(CN)CC2)CC1. The van der Waals surface area contributed by atoms with Gasteiger partial charge in [0.2, 0.25) is 5.91 Å². The maximum Gasteiger partial charge on any atom is 0.234 e. The second-order valence-corrected chi connectivity index (χ2v) is 6.15. The second kappa shape index (κ2) is 7.22. The summed E-state index contributed by atoms with van der Waals surface area (Å²) in [4.78, 5) is 14.3. The van der Waals surface area contributed by atoms with Crippen LogP contribution in [0.3, 0.4) is 0 Å². The van der Waals surface area contributed by atoms with Crippen molar-refractivity contribution in [3.63, 3.8) is 0 Å². The van der Waals surface area contributed by atoms with Crippen LogP contribution >= 0.6 is 0 Å². The highest BCUT2D eigenvalue weighted by Crippen LogP contribution is 2.30. The zero-order valence-electron chi connectivity index (χ0n) is 12.1. The first-order valence-corrected chi connectivity index (χ1v) is 7.60. The Morgan fingerprint density at radius 1 is 1.11 bits per heavy atom. The van der Waals surface area contributed by atoms with Crippen molar-refractivity contribution in [1.29, 1.82) is 0 Å². The number of likely N-dealkylation sites (N-methyl/N-ethyl adjacent to an activating group) is 1. The number of nitrogens with zero attached hydrogens (tertiary/aromatic N) is 2. The summed E-state index contributed by atoms with van der Waals surface area (Å²) in [5, 5.41) is 2.06. The third-order valence-corrected chi connectivity index (χ3v) is 4.56. The topological polar surface area (TPSA) is 61.6 Å². The fraction of sp³-hybridized carbons (Fsp3) is 0.929. The number of carbonyl (C=O) groups excluding carboxylic acids is 1. The van der Waals surface area contributed by atoms with E-state index in [1.165, 1.54) is 12.8 Å². The van der Waals surface area contributed by atoms with Gasteiger partial charge in [-0.3, -0.25) is 10.2 Å². The highest BCUT2D eigenvalue weighted by Gasteiger charge is 2.23. The van der Waals surface area contributed by atoms with Crippen molar-refractivity contribution in [3.8, 4) is 0 Å². The number of nitrogens with one attached hydrogen (secondary N) is 1. The van der Waals surface area contributed by atoms with Crippen LogP contribution in [0, 0.1) is 11.8 Å². The number of carbonyl (C=O) groups is 1. The molecule has 5 heteroatoms. The zero-order valence-corrected chi connectivity index (χ0v) is 12.1. The molecule has 3 N–H and O–H groups in total. The molecule has 1 aliphatic carbocycles. The lowest BCUT2D eigenvalue weighted by molar-refractivity contribution is -0.128. The molecular formula is C14H28N4O. The van der Waals surface area contributed by atoms with Crippen molar-refractivity contribution in [2.45, 2.75) is 32.1 Å². The molecule has 1 amide bonds. The molecule has 1 saturated carbocycles. The number of rotatable bonds is 4. The van der Waals surface area contributed by atoms with Gasteiger partial charge in [0.25, 0.3) is 0 Å². The molecule has 110 valence electrons. The normalized spacial score (nSPS) is 30.2. The molecule has 2 fully saturated rings. The first-order chi connectivity index (χ1) is 9.17. The molecule has 0 spiro atoms. The van der Waals surface area contributed by atoms with Crippen LogP contribution in [-0.4, -0.2) is 55.6 Å². The maximum atomic E-state index is 12.0. The molecule has 2 aliphatic rings. The lowest BCUT2D eigenvalue weighted by Crippen LogP contribution is -2.52. The fourth-order valence-electron chi connectivity index (χ4n) is 3.07. The average Bonchev–Trinajstić information content (AvgIpc) is 2.42. The second-order valence-electron chi connectivity index (χ2n) is 6.15. The van der Waals surface area contributed by atoms with Gasteiger partial charge in [-0.15, -0.1) is 0 Å². The average molecular weight is 268 g/mol. The van der Waals surface area contributed by atoms with Crippen molar-refractivity contribution in [2.75, 3.05) is 39.8 Å². The first-order valence-electron chi connectivity index (χ1n) is 7.60. The Morgan fingerprint density at radius 3 is 2.26 bits per heavy atom. The molecule has 0 unspecified atom stereocenters. The smallest absolute Gasteiger partial charge is 0.234 e. The quantitative estimate of drug-likeness (QED) is 0.776. The van der Waals surface area contributed by atoms with Crippen LogP contribution in [0.1, 0.15) is 32.1 Å². The Labute approximate surface area is 116 Å². The minimum atomic E-state index is 0.195. The van der Waals surface area contributed by atoms with Crippen molar-refractivity contribution in [1.82, 2.24) is 15.3 Å². The van der Waals surface area contributed by atoms with Crippen LogP contribution in [-0.2, 0) is 4.79 Å². The minimum Gasteiger partial charge on any atom is -0.330 e. The lowest BCUT2D eigenvalue weighted by Gasteiger charge is -2.33. The van der Waals surface area contributed by atoms with E-state index < -0.39 is 0 Å². The molecule has 19 heavy (non-hydrogen) atoms. The summed E-state index contributed by atoms with van der Waals surface area (Å²) in [5.41, 5.74) is 8.75. The van der Waals surface area contributed by atoms with E-state index in [2.05, 4.69) is 22.4 Å². The Bertz CT molecular complexity index is 281. The van der Waals surface area contributed by atoms with Gasteiger partial charge in [-0.2, -0.15) is 0 Å². The molecule has 0 atom stereocenters. The number of nitrogens with two attached hydrogens (primary N) is 1. The molecule has 0 aromatic heterocycles. The van der Waals surface area contributed by atoms with E-state index in [9.17, 15) is 4.79 Å². The van der Waals surface area contributed by atoms with Gasteiger partial charge < -0.3 is 10.6 Å². The van der Waals surface area contributed by atoms with Crippen LogP contribution in [0.15, 0.2) is 0 Å². The molecule has 1 heterocycles. The standard InChI is InChI=1S/C14H28N4O/c1-17-6-8-18(9-7-17)16-14(19)10-12-2-4-13(11-15)5-3-12/h12-13H,2-11,15H2,1H3,(H,16,19). The molecular weight excluding hydrogens is 240 g/mol. The van der Waals surface area contributed by atoms with Crippen LogP contribution in [0.5, 0.6) is 0 Å². The highest BCUT2D eigenvalue weighted by molar-refractivity contribution is 5.75. The molecule has 0 bridgehead atoms. The first kappa shape index (κ1) is 14.8. The van der Waals surface area contributed by atoms with E-state index in [1.54, 1.807) is 0 Å². The largest absolute Gasteiger partial charge is 0.330 e. The van der Waals surface area contributed by atoms with Gasteiger partial charge in [0.1, 0.15) is 0 Å². The predicted molar refractivity (Wildman–Crippen MR) is 76.3 cm³/mol. The van der Waals surface area contributed by atoms with E-state index in [0.29, 0.717) is 18.3 Å². The summed E-state index contributed by atoms with van der Waals surface area (Å²) in [5.74, 6) is 1.45. The Morgan fingerprint density at radius 2 is 1.68 bits per heavy atom. The molecule has 0 aromatic carbocycles. The molecule has 0 radical (unpaired) electrons. The maximum absolute atomic E-state index is 12.0. The lowest BCUT2D eigenvalue weighted by atomic mass is 9.80. The van der Waals surface area contributed by atoms with Crippen LogP contribution < -0.4 is 11.2 Å². The van der Waals surface area contributed by atoms with Crippen LogP contribution in [0.2, 0.25) is 0 Å². The Kier molecular flexibility index (Phi) is 5.60. The number of hydrazine groups is 1. The van der Waals surface area contributed by atoms with E-state index in [0.717, 1.165) is 45.6 Å². The van der Waals surface area contributed by atoms with E-state index in [-0.39, 0.29) is 5.91 Å². The molecule has 5 nitrogen and oxygen atoms in total. The monoisotopic (exact) mass is 268 g/mol. The van der Waals surface area contributed by atoms with Crippen LogP contribution in [0.4, 0.5) is 0 Å². The molecule has 0 aromatic rings. The number of piperazine rings is 1. The molecule has 1 saturated heterocycles. The van der Waals surface area contributed by atoms with Gasteiger partial charge in [-0.1, -0.05) is 0 Å². The predicted octanol–water partition coefficient (Wildman–Crippen LogP) is 0.420. The van der Waals surface area contributed by atoms with E-state index in [4.69, 9.17) is 5.73 Å². The summed E-state index contributed by atoms with van der Waals surface area (Å²) in [6.07, 6.45) is 5.41. The van der Waals surface area contributed by atoms with Crippen molar-refractivity contribution < 1.29 is 4.79 Å². The van der Waals surface area contributed by atoms with Crippen molar-refractivity contribution >= 4 is 5.91 Å². The summed E-state index contributed by atoms with van der Waals surface area (Å²) in [6.45, 7) is 4.73. The number of hydrogen-bond acceptors (Lipinski definition) is 4. The van der Waals surface area contributed by atoms with Crippen molar-refractivity contribution in [3.05, 3.63) is 0 Å². The van der Waals surface area contributed by atoms with Gasteiger partial charge >= 0.3 is 0 Å². The van der Waals surface area contributed by atoms with Crippen LogP contribution in [0.25, 0.3) is 0 Å². The summed E-state index contributed by atoms with van der Waals surface area (Å²) < 4.78 is 0. The number of amides is 1. The Hall–Kier alpha value is -0.650. The van der Waals surface area contributed by atoms with Crippen molar-refractivity contribution in [2.24, 2.45) is 17.6 Å². The van der Waals surface area contributed by atoms with Gasteiger partial charge in [0.05, 0.1) is 0 Å². The van der Waals surface area contributed by atoms with Gasteiger partial charge in [-0.05, 0) is 51.1 Å². The molecule has 1 aliphatic heterocycles. The van der Waals surface area contributed by atoms with Gasteiger partial charge in [0.15, 0.2) is 0 Å². The molecule has 2 rings (SSSR count). The summed E-state index contributed by atoms with van der Waals surface area (Å²) in [6, 6.07) is 0. The third kappa shape index (κ3) is 4.75. The summed E-state index contributed by atoms with van der Waals surface area (Å²) in [7, 11) is 2.12. The Balaban J connectivity index is 1.64.